The summed E-state index contributed by atoms with van der Waals surface area (Å²) in [6.45, 7) is 1.29. The molecule has 0 bridgehead atoms. The fraction of sp³-hybridized carbons (Fsp3) is 0.389. The summed E-state index contributed by atoms with van der Waals surface area (Å²) in [6, 6.07) is 4.02. The molecular formula is C18H20NO7-. The molecule has 2 rings (SSSR count). The number of benzene rings is 1. The molecule has 0 spiro atoms. The lowest BCUT2D eigenvalue weighted by Crippen LogP contribution is -2.33. The molecule has 8 heteroatoms. The highest BCUT2D eigenvalue weighted by molar-refractivity contribution is 6.08. The SMILES string of the molecule is COc1ccc([C@H]2C(C(C)=O)=C(O)C(=O)N2CCCC(=O)[O-])c(OC)c1. The first-order valence-electron chi connectivity index (χ1n) is 7.98. The van der Waals surface area contributed by atoms with Crippen LogP contribution in [-0.4, -0.2) is 48.4 Å². The highest BCUT2D eigenvalue weighted by atomic mass is 16.5. The number of aliphatic carboxylic acids is 1. The molecule has 0 radical (unpaired) electrons. The van der Waals surface area contributed by atoms with Crippen LogP contribution in [0, 0.1) is 0 Å². The third kappa shape index (κ3) is 3.63. The molecule has 1 atom stereocenters. The van der Waals surface area contributed by atoms with Gasteiger partial charge in [0.15, 0.2) is 11.5 Å². The van der Waals surface area contributed by atoms with Gasteiger partial charge in [-0.3, -0.25) is 9.59 Å². The first-order valence-corrected chi connectivity index (χ1v) is 7.98. The zero-order chi connectivity index (χ0) is 19.4. The number of ketones is 1. The molecular weight excluding hydrogens is 342 g/mol. The van der Waals surface area contributed by atoms with Crippen molar-refractivity contribution in [2.75, 3.05) is 20.8 Å². The molecule has 1 heterocycles. The Morgan fingerprint density at radius 2 is 1.96 bits per heavy atom. The predicted octanol–water partition coefficient (Wildman–Crippen LogP) is 0.518. The second-order valence-electron chi connectivity index (χ2n) is 5.80. The van der Waals surface area contributed by atoms with Gasteiger partial charge in [0, 0.05) is 24.1 Å². The molecule has 26 heavy (non-hydrogen) atoms. The Morgan fingerprint density at radius 3 is 2.50 bits per heavy atom. The summed E-state index contributed by atoms with van der Waals surface area (Å²) in [4.78, 5) is 36.4. The Balaban J connectivity index is 2.49. The topological polar surface area (TPSA) is 116 Å². The number of rotatable bonds is 8. The number of aliphatic hydroxyl groups excluding tert-OH is 1. The number of methoxy groups -OCH3 is 2. The summed E-state index contributed by atoms with van der Waals surface area (Å²) in [6.07, 6.45) is -0.117. The Bertz CT molecular complexity index is 769. The molecule has 1 aliphatic rings. The van der Waals surface area contributed by atoms with Crippen molar-refractivity contribution in [3.8, 4) is 11.5 Å². The van der Waals surface area contributed by atoms with Gasteiger partial charge in [0.05, 0.1) is 25.8 Å². The van der Waals surface area contributed by atoms with Gasteiger partial charge in [-0.15, -0.1) is 0 Å². The van der Waals surface area contributed by atoms with Crippen molar-refractivity contribution in [3.63, 3.8) is 0 Å². The van der Waals surface area contributed by atoms with Crippen LogP contribution in [0.1, 0.15) is 31.4 Å². The monoisotopic (exact) mass is 362 g/mol. The van der Waals surface area contributed by atoms with Gasteiger partial charge in [-0.05, 0) is 31.9 Å². The van der Waals surface area contributed by atoms with Gasteiger partial charge in [-0.1, -0.05) is 0 Å². The maximum Gasteiger partial charge on any atom is 0.290 e. The Morgan fingerprint density at radius 1 is 1.27 bits per heavy atom. The highest BCUT2D eigenvalue weighted by Crippen LogP contribution is 2.42. The van der Waals surface area contributed by atoms with Crippen LogP contribution in [0.15, 0.2) is 29.5 Å². The number of carbonyl (C=O) groups is 3. The van der Waals surface area contributed by atoms with Crippen LogP contribution < -0.4 is 14.6 Å². The highest BCUT2D eigenvalue weighted by Gasteiger charge is 2.43. The van der Waals surface area contributed by atoms with Crippen molar-refractivity contribution >= 4 is 17.7 Å². The number of carboxylic acids is 1. The van der Waals surface area contributed by atoms with Gasteiger partial charge in [-0.25, -0.2) is 0 Å². The fourth-order valence-corrected chi connectivity index (χ4v) is 3.01. The molecule has 0 saturated carbocycles. The summed E-state index contributed by atoms with van der Waals surface area (Å²) >= 11 is 0. The molecule has 0 fully saturated rings. The van der Waals surface area contributed by atoms with Crippen molar-refractivity contribution in [1.29, 1.82) is 0 Å². The van der Waals surface area contributed by atoms with E-state index in [4.69, 9.17) is 9.47 Å². The lowest BCUT2D eigenvalue weighted by atomic mass is 9.95. The van der Waals surface area contributed by atoms with E-state index in [1.165, 1.54) is 26.0 Å². The third-order valence-electron chi connectivity index (χ3n) is 4.20. The zero-order valence-corrected chi connectivity index (χ0v) is 14.8. The number of amides is 1. The van der Waals surface area contributed by atoms with E-state index in [0.717, 1.165) is 0 Å². The van der Waals surface area contributed by atoms with Crippen molar-refractivity contribution in [2.45, 2.75) is 25.8 Å². The zero-order valence-electron chi connectivity index (χ0n) is 14.8. The number of carboxylic acid groups (broad SMARTS) is 1. The molecule has 0 aromatic heterocycles. The molecule has 1 aromatic carbocycles. The first kappa shape index (κ1) is 19.3. The van der Waals surface area contributed by atoms with Crippen molar-refractivity contribution in [3.05, 3.63) is 35.1 Å². The van der Waals surface area contributed by atoms with E-state index in [2.05, 4.69) is 0 Å². The Labute approximate surface area is 150 Å². The number of carbonyl (C=O) groups excluding carboxylic acids is 3. The molecule has 0 aliphatic carbocycles. The second-order valence-corrected chi connectivity index (χ2v) is 5.80. The van der Waals surface area contributed by atoms with Crippen molar-refractivity contribution < 1.29 is 34.1 Å². The predicted molar refractivity (Wildman–Crippen MR) is 88.6 cm³/mol. The van der Waals surface area contributed by atoms with Gasteiger partial charge in [0.1, 0.15) is 11.5 Å². The minimum Gasteiger partial charge on any atom is -0.550 e. The quantitative estimate of drug-likeness (QED) is 0.716. The Hall–Kier alpha value is -3.03. The molecule has 1 amide bonds. The number of nitrogens with zero attached hydrogens (tertiary/aromatic N) is 1. The molecule has 1 N–H and O–H groups in total. The van der Waals surface area contributed by atoms with E-state index < -0.39 is 29.5 Å². The molecule has 1 aromatic rings. The maximum absolute atomic E-state index is 12.4. The van der Waals surface area contributed by atoms with E-state index in [1.54, 1.807) is 18.2 Å². The number of hydrogen-bond donors (Lipinski definition) is 1. The summed E-state index contributed by atoms with van der Waals surface area (Å²) in [5.74, 6) is -2.15. The number of Topliss-reactive ketones (excluding diaryl/α,β-unsaturated/α-hetero) is 1. The molecule has 8 nitrogen and oxygen atoms in total. The minimum atomic E-state index is -1.24. The average molecular weight is 362 g/mol. The van der Waals surface area contributed by atoms with Gasteiger partial charge < -0.3 is 29.4 Å². The van der Waals surface area contributed by atoms with E-state index in [1.807, 2.05) is 0 Å². The van der Waals surface area contributed by atoms with Gasteiger partial charge in [0.25, 0.3) is 5.91 Å². The van der Waals surface area contributed by atoms with Crippen molar-refractivity contribution in [1.82, 2.24) is 4.90 Å². The van der Waals surface area contributed by atoms with Crippen LogP contribution in [0.3, 0.4) is 0 Å². The van der Waals surface area contributed by atoms with Crippen LogP contribution in [-0.2, 0) is 14.4 Å². The van der Waals surface area contributed by atoms with E-state index in [9.17, 15) is 24.6 Å². The van der Waals surface area contributed by atoms with Crippen LogP contribution in [0.4, 0.5) is 0 Å². The van der Waals surface area contributed by atoms with E-state index in [0.29, 0.717) is 17.1 Å². The summed E-state index contributed by atoms with van der Waals surface area (Å²) < 4.78 is 10.5. The lowest BCUT2D eigenvalue weighted by molar-refractivity contribution is -0.305. The standard InChI is InChI=1S/C18H21NO7/c1-10(20)15-16(12-7-6-11(25-2)9-13(12)26-3)19(18(24)17(15)23)8-4-5-14(21)22/h6-7,9,16,23H,4-5,8H2,1-3H3,(H,21,22)/p-1/t16-/m0/s1. The number of hydrogen-bond acceptors (Lipinski definition) is 7. The lowest BCUT2D eigenvalue weighted by Gasteiger charge is -2.28. The van der Waals surface area contributed by atoms with E-state index >= 15 is 0 Å². The van der Waals surface area contributed by atoms with Gasteiger partial charge in [0.2, 0.25) is 0 Å². The molecule has 1 aliphatic heterocycles. The molecule has 0 saturated heterocycles. The first-order chi connectivity index (χ1) is 12.3. The summed E-state index contributed by atoms with van der Waals surface area (Å²) in [7, 11) is 2.93. The molecule has 140 valence electrons. The smallest absolute Gasteiger partial charge is 0.290 e. The molecule has 0 unspecified atom stereocenters. The van der Waals surface area contributed by atoms with Gasteiger partial charge >= 0.3 is 0 Å². The van der Waals surface area contributed by atoms with Crippen LogP contribution in [0.5, 0.6) is 11.5 Å². The minimum absolute atomic E-state index is 0.0352. The van der Waals surface area contributed by atoms with E-state index in [-0.39, 0.29) is 25.0 Å². The van der Waals surface area contributed by atoms with Gasteiger partial charge in [-0.2, -0.15) is 0 Å². The normalized spacial score (nSPS) is 16.8. The van der Waals surface area contributed by atoms with Crippen LogP contribution in [0.25, 0.3) is 0 Å². The van der Waals surface area contributed by atoms with Crippen molar-refractivity contribution in [2.24, 2.45) is 0 Å². The summed E-state index contributed by atoms with van der Waals surface area (Å²) in [5.41, 5.74) is 0.441. The van der Waals surface area contributed by atoms with Crippen LogP contribution >= 0.6 is 0 Å². The fourth-order valence-electron chi connectivity index (χ4n) is 3.01. The summed E-state index contributed by atoms with van der Waals surface area (Å²) in [5, 5.41) is 20.8. The average Bonchev–Trinajstić information content (AvgIpc) is 2.85. The second kappa shape index (κ2) is 7.90. The third-order valence-corrected chi connectivity index (χ3v) is 4.20. The number of ether oxygens (including phenoxy) is 2. The largest absolute Gasteiger partial charge is 0.550 e. The van der Waals surface area contributed by atoms with Crippen LogP contribution in [0.2, 0.25) is 0 Å². The Kier molecular flexibility index (Phi) is 5.86. The number of aliphatic hydroxyl groups is 1. The maximum atomic E-state index is 12.4.